The summed E-state index contributed by atoms with van der Waals surface area (Å²) in [5, 5.41) is 0. The maximum atomic E-state index is 4.57. The summed E-state index contributed by atoms with van der Waals surface area (Å²) in [6, 6.07) is 24.6. The smallest absolute Gasteiger partial charge is 0.131 e. The Labute approximate surface area is 150 Å². The van der Waals surface area contributed by atoms with Gasteiger partial charge in [0.15, 0.2) is 0 Å². The maximum absolute atomic E-state index is 4.57. The van der Waals surface area contributed by atoms with Crippen molar-refractivity contribution in [2.24, 2.45) is 0 Å². The first-order valence-electron chi connectivity index (χ1n) is 8.52. The summed E-state index contributed by atoms with van der Waals surface area (Å²) in [5.41, 5.74) is 6.36. The zero-order chi connectivity index (χ0) is 17.3. The first-order valence-corrected chi connectivity index (χ1v) is 8.52. The molecule has 124 valence electrons. The van der Waals surface area contributed by atoms with Crippen molar-refractivity contribution >= 4 is 34.2 Å². The molecule has 0 bridgehead atoms. The lowest BCUT2D eigenvalue weighted by molar-refractivity contribution is 1.09. The van der Waals surface area contributed by atoms with E-state index in [0.717, 1.165) is 39.1 Å². The molecular formula is C22H16N4. The summed E-state index contributed by atoms with van der Waals surface area (Å²) in [4.78, 5) is 12.3. The lowest BCUT2D eigenvalue weighted by atomic mass is 10.2. The number of nitrogens with one attached hydrogen (secondary N) is 1. The van der Waals surface area contributed by atoms with Crippen molar-refractivity contribution in [1.82, 2.24) is 19.5 Å². The molecule has 0 saturated heterocycles. The van der Waals surface area contributed by atoms with E-state index in [9.17, 15) is 0 Å². The highest BCUT2D eigenvalue weighted by Crippen LogP contribution is 2.19. The van der Waals surface area contributed by atoms with Gasteiger partial charge in [0, 0.05) is 5.69 Å². The fourth-order valence-electron chi connectivity index (χ4n) is 3.14. The third kappa shape index (κ3) is 2.58. The van der Waals surface area contributed by atoms with Crippen LogP contribution in [0.1, 0.15) is 11.4 Å². The molecule has 0 aliphatic heterocycles. The lowest BCUT2D eigenvalue weighted by Gasteiger charge is -2.04. The number of fused-ring (bicyclic) bond motifs is 2. The molecule has 0 aliphatic carbocycles. The molecule has 5 rings (SSSR count). The Kier molecular flexibility index (Phi) is 3.39. The van der Waals surface area contributed by atoms with Gasteiger partial charge in [0.1, 0.15) is 12.2 Å². The van der Waals surface area contributed by atoms with E-state index in [4.69, 9.17) is 0 Å². The number of aromatic nitrogens is 4. The van der Waals surface area contributed by atoms with E-state index in [1.54, 1.807) is 0 Å². The maximum Gasteiger partial charge on any atom is 0.131 e. The molecule has 0 aliphatic rings. The number of para-hydroxylation sites is 4. The standard InChI is InChI=1S/C22H16N4/c1-2-6-19-18(5-1)24-22(25-19)14-11-16-9-12-17(13-10-16)26-15-23-20-7-3-4-8-21(20)26/h1-15H,(H,24,25). The number of H-pyrrole nitrogens is 1. The second-order valence-electron chi connectivity index (χ2n) is 6.17. The van der Waals surface area contributed by atoms with Gasteiger partial charge in [-0.15, -0.1) is 0 Å². The van der Waals surface area contributed by atoms with E-state index < -0.39 is 0 Å². The van der Waals surface area contributed by atoms with Crippen LogP contribution in [0.5, 0.6) is 0 Å². The van der Waals surface area contributed by atoms with Crippen LogP contribution < -0.4 is 0 Å². The summed E-state index contributed by atoms with van der Waals surface area (Å²) >= 11 is 0. The molecule has 0 saturated carbocycles. The van der Waals surface area contributed by atoms with Crippen LogP contribution in [-0.2, 0) is 0 Å². The van der Waals surface area contributed by atoms with Crippen molar-refractivity contribution in [2.45, 2.75) is 0 Å². The van der Waals surface area contributed by atoms with Gasteiger partial charge >= 0.3 is 0 Å². The van der Waals surface area contributed by atoms with Gasteiger partial charge in [0.05, 0.1) is 22.1 Å². The number of nitrogens with zero attached hydrogens (tertiary/aromatic N) is 3. The van der Waals surface area contributed by atoms with Gasteiger partial charge < -0.3 is 4.98 Å². The Morgan fingerprint density at radius 1 is 0.769 bits per heavy atom. The number of rotatable bonds is 3. The van der Waals surface area contributed by atoms with Crippen LogP contribution in [0.3, 0.4) is 0 Å². The topological polar surface area (TPSA) is 46.5 Å². The lowest BCUT2D eigenvalue weighted by Crippen LogP contribution is -1.91. The first-order chi connectivity index (χ1) is 12.9. The first kappa shape index (κ1) is 14.7. The quantitative estimate of drug-likeness (QED) is 0.500. The predicted molar refractivity (Wildman–Crippen MR) is 106 cm³/mol. The van der Waals surface area contributed by atoms with E-state index in [1.807, 2.05) is 54.9 Å². The van der Waals surface area contributed by atoms with Crippen molar-refractivity contribution in [2.75, 3.05) is 0 Å². The molecule has 0 spiro atoms. The van der Waals surface area contributed by atoms with Crippen LogP contribution in [0.2, 0.25) is 0 Å². The highest BCUT2D eigenvalue weighted by Gasteiger charge is 2.03. The normalized spacial score (nSPS) is 11.7. The molecule has 1 N–H and O–H groups in total. The molecule has 0 amide bonds. The van der Waals surface area contributed by atoms with Gasteiger partial charge in [-0.2, -0.15) is 0 Å². The third-order valence-corrected chi connectivity index (χ3v) is 4.47. The van der Waals surface area contributed by atoms with Crippen LogP contribution in [-0.4, -0.2) is 19.5 Å². The molecule has 2 heterocycles. The predicted octanol–water partition coefficient (Wildman–Crippen LogP) is 5.07. The molecule has 0 radical (unpaired) electrons. The zero-order valence-electron chi connectivity index (χ0n) is 14.0. The van der Waals surface area contributed by atoms with Crippen molar-refractivity contribution in [3.8, 4) is 5.69 Å². The average Bonchev–Trinajstić information content (AvgIpc) is 3.30. The van der Waals surface area contributed by atoms with Crippen molar-refractivity contribution in [1.29, 1.82) is 0 Å². The van der Waals surface area contributed by atoms with Crippen molar-refractivity contribution < 1.29 is 0 Å². The zero-order valence-corrected chi connectivity index (χ0v) is 14.0. The highest BCUT2D eigenvalue weighted by molar-refractivity contribution is 5.79. The van der Waals surface area contributed by atoms with Crippen LogP contribution in [0.4, 0.5) is 0 Å². The Morgan fingerprint density at radius 3 is 2.38 bits per heavy atom. The molecule has 0 fully saturated rings. The molecule has 0 atom stereocenters. The number of benzene rings is 3. The number of aromatic amines is 1. The molecule has 4 heteroatoms. The minimum atomic E-state index is 0.857. The molecule has 3 aromatic carbocycles. The number of hydrogen-bond acceptors (Lipinski definition) is 2. The summed E-state index contributed by atoms with van der Waals surface area (Å²) in [5.74, 6) is 0.857. The van der Waals surface area contributed by atoms with Crippen LogP contribution in [0.15, 0.2) is 79.1 Å². The van der Waals surface area contributed by atoms with Crippen LogP contribution >= 0.6 is 0 Å². The molecule has 26 heavy (non-hydrogen) atoms. The van der Waals surface area contributed by atoms with E-state index >= 15 is 0 Å². The van der Waals surface area contributed by atoms with Crippen LogP contribution in [0.25, 0.3) is 39.9 Å². The average molecular weight is 336 g/mol. The molecule has 4 nitrogen and oxygen atoms in total. The summed E-state index contributed by atoms with van der Waals surface area (Å²) in [6.07, 6.45) is 5.93. The second-order valence-corrected chi connectivity index (χ2v) is 6.17. The van der Waals surface area contributed by atoms with E-state index in [0.29, 0.717) is 0 Å². The van der Waals surface area contributed by atoms with E-state index in [-0.39, 0.29) is 0 Å². The Balaban J connectivity index is 1.42. The minimum absolute atomic E-state index is 0.857. The van der Waals surface area contributed by atoms with Gasteiger partial charge in [-0.1, -0.05) is 42.5 Å². The fourth-order valence-corrected chi connectivity index (χ4v) is 3.14. The van der Waals surface area contributed by atoms with E-state index in [1.165, 1.54) is 0 Å². The summed E-state index contributed by atoms with van der Waals surface area (Å²) < 4.78 is 2.10. The monoisotopic (exact) mass is 336 g/mol. The Bertz CT molecular complexity index is 1190. The highest BCUT2D eigenvalue weighted by atomic mass is 15.0. The second kappa shape index (κ2) is 6.01. The minimum Gasteiger partial charge on any atom is -0.338 e. The Morgan fingerprint density at radius 2 is 1.54 bits per heavy atom. The van der Waals surface area contributed by atoms with Gasteiger partial charge in [-0.3, -0.25) is 4.57 Å². The van der Waals surface area contributed by atoms with Gasteiger partial charge in [0.25, 0.3) is 0 Å². The largest absolute Gasteiger partial charge is 0.338 e. The third-order valence-electron chi connectivity index (χ3n) is 4.47. The van der Waals surface area contributed by atoms with Crippen molar-refractivity contribution in [3.63, 3.8) is 0 Å². The Hall–Kier alpha value is -3.66. The molecular weight excluding hydrogens is 320 g/mol. The van der Waals surface area contributed by atoms with Gasteiger partial charge in [-0.25, -0.2) is 9.97 Å². The molecule has 2 aromatic heterocycles. The molecule has 0 unspecified atom stereocenters. The van der Waals surface area contributed by atoms with Gasteiger partial charge in [-0.05, 0) is 48.0 Å². The summed E-state index contributed by atoms with van der Waals surface area (Å²) in [6.45, 7) is 0. The number of hydrogen-bond donors (Lipinski definition) is 1. The summed E-state index contributed by atoms with van der Waals surface area (Å²) in [7, 11) is 0. The number of imidazole rings is 2. The van der Waals surface area contributed by atoms with Crippen LogP contribution in [0, 0.1) is 0 Å². The van der Waals surface area contributed by atoms with Gasteiger partial charge in [0.2, 0.25) is 0 Å². The SMILES string of the molecule is C(=Cc1nc2ccccc2[nH]1)c1ccc(-n2cnc3ccccc32)cc1. The van der Waals surface area contributed by atoms with Crippen molar-refractivity contribution in [3.05, 3.63) is 90.5 Å². The molecule has 5 aromatic rings. The fraction of sp³-hybridized carbons (Fsp3) is 0. The van der Waals surface area contributed by atoms with E-state index in [2.05, 4.69) is 55.9 Å².